The number of benzene rings is 1. The zero-order valence-electron chi connectivity index (χ0n) is 13.7. The maximum atomic E-state index is 13.6. The van der Waals surface area contributed by atoms with Crippen LogP contribution in [-0.2, 0) is 16.1 Å². The summed E-state index contributed by atoms with van der Waals surface area (Å²) < 4.78 is 20.8. The molecule has 1 amide bonds. The van der Waals surface area contributed by atoms with Crippen LogP contribution in [0.5, 0.6) is 0 Å². The van der Waals surface area contributed by atoms with Crippen molar-refractivity contribution < 1.29 is 13.9 Å². The Morgan fingerprint density at radius 1 is 1.46 bits per heavy atom. The minimum atomic E-state index is -0.522. The lowest BCUT2D eigenvalue weighted by atomic mass is 10.3. The van der Waals surface area contributed by atoms with Crippen molar-refractivity contribution >= 4 is 35.0 Å². The van der Waals surface area contributed by atoms with E-state index < -0.39 is 5.82 Å². The fourth-order valence-corrected chi connectivity index (χ4v) is 3.18. The smallest absolute Gasteiger partial charge is 0.234 e. The number of ether oxygens (including phenoxy) is 1. The zero-order chi connectivity index (χ0) is 17.7. The maximum absolute atomic E-state index is 13.6. The van der Waals surface area contributed by atoms with Crippen LogP contribution >= 0.6 is 23.4 Å². The van der Waals surface area contributed by atoms with Crippen LogP contribution in [0.25, 0.3) is 0 Å². The van der Waals surface area contributed by atoms with Crippen LogP contribution in [0.4, 0.5) is 10.1 Å². The van der Waals surface area contributed by atoms with Crippen LogP contribution in [0.2, 0.25) is 5.02 Å². The van der Waals surface area contributed by atoms with Crippen molar-refractivity contribution in [1.29, 1.82) is 0 Å². The molecule has 2 rings (SSSR count). The molecule has 24 heavy (non-hydrogen) atoms. The topological polar surface area (TPSA) is 56.1 Å². The molecule has 1 N–H and O–H groups in total. The van der Waals surface area contributed by atoms with E-state index in [2.05, 4.69) is 10.3 Å². The number of nitrogens with one attached hydrogen (secondary N) is 1. The van der Waals surface area contributed by atoms with Crippen LogP contribution in [0.3, 0.4) is 0 Å². The normalized spacial score (nSPS) is 10.9. The number of imidazole rings is 1. The highest BCUT2D eigenvalue weighted by atomic mass is 35.5. The largest absolute Gasteiger partial charge is 0.383 e. The van der Waals surface area contributed by atoms with E-state index in [-0.39, 0.29) is 17.3 Å². The summed E-state index contributed by atoms with van der Waals surface area (Å²) in [4.78, 5) is 16.5. The van der Waals surface area contributed by atoms with Gasteiger partial charge in [-0.05, 0) is 32.0 Å². The van der Waals surface area contributed by atoms with E-state index >= 15 is 0 Å². The van der Waals surface area contributed by atoms with E-state index in [1.165, 1.54) is 30.0 Å². The van der Waals surface area contributed by atoms with Crippen molar-refractivity contribution in [3.63, 3.8) is 0 Å². The lowest BCUT2D eigenvalue weighted by Gasteiger charge is -2.10. The van der Waals surface area contributed by atoms with E-state index in [4.69, 9.17) is 16.3 Å². The van der Waals surface area contributed by atoms with Gasteiger partial charge in [-0.1, -0.05) is 23.4 Å². The second kappa shape index (κ2) is 8.50. The number of nitrogens with zero attached hydrogens (tertiary/aromatic N) is 2. The summed E-state index contributed by atoms with van der Waals surface area (Å²) in [7, 11) is 1.64. The minimum absolute atomic E-state index is 0.0724. The number of amides is 1. The first kappa shape index (κ1) is 18.8. The first-order valence-corrected chi connectivity index (χ1v) is 8.69. The third kappa shape index (κ3) is 4.72. The third-order valence-electron chi connectivity index (χ3n) is 3.48. The molecule has 8 heteroatoms. The Kier molecular flexibility index (Phi) is 6.65. The number of anilines is 1. The molecule has 0 aliphatic rings. The summed E-state index contributed by atoms with van der Waals surface area (Å²) in [6.07, 6.45) is 0. The third-order valence-corrected chi connectivity index (χ3v) is 4.69. The molecule has 0 atom stereocenters. The highest BCUT2D eigenvalue weighted by Crippen LogP contribution is 2.23. The maximum Gasteiger partial charge on any atom is 0.234 e. The number of rotatable bonds is 7. The predicted molar refractivity (Wildman–Crippen MR) is 94.3 cm³/mol. The lowest BCUT2D eigenvalue weighted by Crippen LogP contribution is -2.16. The number of aryl methyl sites for hydroxylation is 1. The van der Waals surface area contributed by atoms with Gasteiger partial charge in [0.1, 0.15) is 5.82 Å². The van der Waals surface area contributed by atoms with Gasteiger partial charge < -0.3 is 14.6 Å². The van der Waals surface area contributed by atoms with Gasteiger partial charge in [0.15, 0.2) is 5.16 Å². The molecule has 5 nitrogen and oxygen atoms in total. The number of carbonyl (C=O) groups excluding carboxylic acids is 1. The van der Waals surface area contributed by atoms with Gasteiger partial charge in [-0.15, -0.1) is 0 Å². The molecule has 0 fully saturated rings. The van der Waals surface area contributed by atoms with Gasteiger partial charge in [0, 0.05) is 24.4 Å². The fraction of sp³-hybridized carbons (Fsp3) is 0.375. The Hall–Kier alpha value is -1.57. The average molecular weight is 372 g/mol. The van der Waals surface area contributed by atoms with E-state index in [0.717, 1.165) is 16.5 Å². The fourth-order valence-electron chi connectivity index (χ4n) is 2.09. The Morgan fingerprint density at radius 2 is 2.21 bits per heavy atom. The molecule has 0 saturated carbocycles. The van der Waals surface area contributed by atoms with Gasteiger partial charge in [-0.25, -0.2) is 9.37 Å². The SMILES string of the molecule is COCCn1c(SCC(=O)Nc2cc(Cl)ccc2F)nc(C)c1C. The first-order valence-electron chi connectivity index (χ1n) is 7.32. The van der Waals surface area contributed by atoms with Crippen LogP contribution in [-0.4, -0.2) is 34.9 Å². The van der Waals surface area contributed by atoms with Crippen molar-refractivity contribution in [2.24, 2.45) is 0 Å². The minimum Gasteiger partial charge on any atom is -0.383 e. The lowest BCUT2D eigenvalue weighted by molar-refractivity contribution is -0.113. The Labute approximate surface area is 149 Å². The van der Waals surface area contributed by atoms with Crippen molar-refractivity contribution in [2.75, 3.05) is 24.8 Å². The first-order chi connectivity index (χ1) is 11.4. The molecule has 1 aromatic heterocycles. The van der Waals surface area contributed by atoms with Crippen molar-refractivity contribution in [1.82, 2.24) is 9.55 Å². The van der Waals surface area contributed by atoms with Gasteiger partial charge in [0.05, 0.1) is 23.7 Å². The van der Waals surface area contributed by atoms with E-state index in [0.29, 0.717) is 18.2 Å². The predicted octanol–water partition coefficient (Wildman–Crippen LogP) is 3.67. The highest BCUT2D eigenvalue weighted by molar-refractivity contribution is 7.99. The van der Waals surface area contributed by atoms with Gasteiger partial charge >= 0.3 is 0 Å². The zero-order valence-corrected chi connectivity index (χ0v) is 15.3. The highest BCUT2D eigenvalue weighted by Gasteiger charge is 2.14. The molecular weight excluding hydrogens is 353 g/mol. The molecule has 1 heterocycles. The van der Waals surface area contributed by atoms with Crippen molar-refractivity contribution in [2.45, 2.75) is 25.5 Å². The second-order valence-electron chi connectivity index (χ2n) is 5.17. The molecule has 0 unspecified atom stereocenters. The van der Waals surface area contributed by atoms with E-state index in [9.17, 15) is 9.18 Å². The molecule has 130 valence electrons. The molecule has 0 saturated heterocycles. The molecule has 1 aromatic carbocycles. The molecule has 0 radical (unpaired) electrons. The number of hydrogen-bond acceptors (Lipinski definition) is 4. The molecule has 0 aliphatic carbocycles. The summed E-state index contributed by atoms with van der Waals surface area (Å²) in [5.41, 5.74) is 2.02. The van der Waals surface area contributed by atoms with Gasteiger partial charge in [-0.3, -0.25) is 4.79 Å². The summed E-state index contributed by atoms with van der Waals surface area (Å²) in [5.74, 6) is -0.724. The molecule has 2 aromatic rings. The number of halogens is 2. The number of hydrogen-bond donors (Lipinski definition) is 1. The molecule has 0 spiro atoms. The standard InChI is InChI=1S/C16H19ClFN3O2S/c1-10-11(2)21(6-7-23-3)16(19-10)24-9-15(22)20-14-8-12(17)4-5-13(14)18/h4-5,8H,6-7,9H2,1-3H3,(H,20,22). The Morgan fingerprint density at radius 3 is 2.92 bits per heavy atom. The van der Waals surface area contributed by atoms with Crippen molar-refractivity contribution in [3.05, 3.63) is 40.4 Å². The number of methoxy groups -OCH3 is 1. The van der Waals surface area contributed by atoms with Crippen LogP contribution < -0.4 is 5.32 Å². The molecule has 0 aliphatic heterocycles. The van der Waals surface area contributed by atoms with Crippen LogP contribution in [0.15, 0.2) is 23.4 Å². The summed E-state index contributed by atoms with van der Waals surface area (Å²) in [6, 6.07) is 4.03. The Bertz CT molecular complexity index is 736. The van der Waals surface area contributed by atoms with E-state index in [1.54, 1.807) is 7.11 Å². The van der Waals surface area contributed by atoms with Crippen LogP contribution in [0, 0.1) is 19.7 Å². The number of aromatic nitrogens is 2. The summed E-state index contributed by atoms with van der Waals surface area (Å²) >= 11 is 7.11. The van der Waals surface area contributed by atoms with Crippen molar-refractivity contribution in [3.8, 4) is 0 Å². The molecule has 0 bridgehead atoms. The Balaban J connectivity index is 2.01. The number of thioether (sulfide) groups is 1. The summed E-state index contributed by atoms with van der Waals surface area (Å²) in [5, 5.41) is 3.63. The van der Waals surface area contributed by atoms with Gasteiger partial charge in [0.25, 0.3) is 0 Å². The summed E-state index contributed by atoms with van der Waals surface area (Å²) in [6.45, 7) is 5.12. The average Bonchev–Trinajstić information content (AvgIpc) is 2.81. The monoisotopic (exact) mass is 371 g/mol. The van der Waals surface area contributed by atoms with Gasteiger partial charge in [0.2, 0.25) is 5.91 Å². The molecular formula is C16H19ClFN3O2S. The second-order valence-corrected chi connectivity index (χ2v) is 6.55. The van der Waals surface area contributed by atoms with Crippen LogP contribution in [0.1, 0.15) is 11.4 Å². The van der Waals surface area contributed by atoms with Gasteiger partial charge in [-0.2, -0.15) is 0 Å². The number of carbonyl (C=O) groups is 1. The quantitative estimate of drug-likeness (QED) is 0.754. The van der Waals surface area contributed by atoms with E-state index in [1.807, 2.05) is 18.4 Å².